The van der Waals surface area contributed by atoms with Crippen LogP contribution in [-0.4, -0.2) is 24.2 Å². The van der Waals surface area contributed by atoms with Gasteiger partial charge in [0.05, 0.1) is 6.17 Å². The first-order valence-corrected chi connectivity index (χ1v) is 5.98. The predicted molar refractivity (Wildman–Crippen MR) is 62.9 cm³/mol. The Bertz CT molecular complexity index is 361. The van der Waals surface area contributed by atoms with Crippen molar-refractivity contribution in [2.24, 2.45) is 0 Å². The van der Waals surface area contributed by atoms with E-state index in [0.29, 0.717) is 6.17 Å². The molecule has 0 bridgehead atoms. The summed E-state index contributed by atoms with van der Waals surface area (Å²) < 4.78 is 0. The van der Waals surface area contributed by atoms with Crippen LogP contribution in [0.4, 0.5) is 5.69 Å². The van der Waals surface area contributed by atoms with Crippen LogP contribution in [0.2, 0.25) is 0 Å². The second kappa shape index (κ2) is 3.53. The highest BCUT2D eigenvalue weighted by atomic mass is 15.4. The molecule has 80 valence electrons. The van der Waals surface area contributed by atoms with E-state index in [4.69, 9.17) is 0 Å². The number of hydrogen-bond acceptors (Lipinski definition) is 2. The van der Waals surface area contributed by atoms with Crippen molar-refractivity contribution in [2.45, 2.75) is 32.5 Å². The van der Waals surface area contributed by atoms with E-state index in [0.717, 1.165) is 13.1 Å². The number of rotatable bonds is 1. The molecular weight excluding hydrogens is 184 g/mol. The standard InChI is InChI=1S/C13H18N2/c1-2-15-12-7-4-3-6-11(12)10-14-9-5-8-13(14)15/h3-4,6-7,13H,2,5,8-10H2,1H3. The summed E-state index contributed by atoms with van der Waals surface area (Å²) in [6, 6.07) is 8.86. The van der Waals surface area contributed by atoms with Gasteiger partial charge in [-0.05, 0) is 31.4 Å². The number of benzene rings is 1. The van der Waals surface area contributed by atoms with E-state index in [9.17, 15) is 0 Å². The number of fused-ring (bicyclic) bond motifs is 2. The van der Waals surface area contributed by atoms with Crippen molar-refractivity contribution in [2.75, 3.05) is 18.0 Å². The summed E-state index contributed by atoms with van der Waals surface area (Å²) >= 11 is 0. The molecule has 2 heteroatoms. The predicted octanol–water partition coefficient (Wildman–Crippen LogP) is 2.45. The summed E-state index contributed by atoms with van der Waals surface area (Å²) in [5.41, 5.74) is 2.96. The SMILES string of the molecule is CCN1c2ccccc2CN2CCCC21. The Morgan fingerprint density at radius 3 is 3.07 bits per heavy atom. The third kappa shape index (κ3) is 1.36. The topological polar surface area (TPSA) is 6.48 Å². The molecule has 1 fully saturated rings. The van der Waals surface area contributed by atoms with Crippen molar-refractivity contribution in [1.29, 1.82) is 0 Å². The van der Waals surface area contributed by atoms with Crippen LogP contribution in [0.15, 0.2) is 24.3 Å². The van der Waals surface area contributed by atoms with Gasteiger partial charge in [0.2, 0.25) is 0 Å². The van der Waals surface area contributed by atoms with Gasteiger partial charge >= 0.3 is 0 Å². The van der Waals surface area contributed by atoms with Crippen molar-refractivity contribution >= 4 is 5.69 Å². The van der Waals surface area contributed by atoms with Crippen LogP contribution in [0.5, 0.6) is 0 Å². The lowest BCUT2D eigenvalue weighted by molar-refractivity contribution is 0.225. The zero-order chi connectivity index (χ0) is 10.3. The van der Waals surface area contributed by atoms with Crippen LogP contribution in [0, 0.1) is 0 Å². The number of para-hydroxylation sites is 1. The van der Waals surface area contributed by atoms with E-state index >= 15 is 0 Å². The molecule has 1 unspecified atom stereocenters. The van der Waals surface area contributed by atoms with Crippen LogP contribution in [0.25, 0.3) is 0 Å². The fraction of sp³-hybridized carbons (Fsp3) is 0.538. The number of hydrogen-bond donors (Lipinski definition) is 0. The van der Waals surface area contributed by atoms with E-state index in [1.165, 1.54) is 30.6 Å². The molecule has 0 aliphatic carbocycles. The summed E-state index contributed by atoms with van der Waals surface area (Å²) in [6.45, 7) is 5.81. The first-order valence-electron chi connectivity index (χ1n) is 5.98. The summed E-state index contributed by atoms with van der Waals surface area (Å²) in [5, 5.41) is 0. The molecule has 2 heterocycles. The zero-order valence-corrected chi connectivity index (χ0v) is 9.32. The third-order valence-corrected chi connectivity index (χ3v) is 3.70. The largest absolute Gasteiger partial charge is 0.356 e. The van der Waals surface area contributed by atoms with Gasteiger partial charge in [-0.3, -0.25) is 4.90 Å². The van der Waals surface area contributed by atoms with Gasteiger partial charge in [-0.25, -0.2) is 0 Å². The Hall–Kier alpha value is -1.02. The lowest BCUT2D eigenvalue weighted by atomic mass is 10.1. The summed E-state index contributed by atoms with van der Waals surface area (Å²) in [6.07, 6.45) is 3.36. The van der Waals surface area contributed by atoms with Gasteiger partial charge < -0.3 is 4.90 Å². The van der Waals surface area contributed by atoms with E-state index in [1.807, 2.05) is 0 Å². The monoisotopic (exact) mass is 202 g/mol. The average molecular weight is 202 g/mol. The maximum absolute atomic E-state index is 2.62. The van der Waals surface area contributed by atoms with E-state index in [1.54, 1.807) is 0 Å². The first-order chi connectivity index (χ1) is 7.40. The second-order valence-electron chi connectivity index (χ2n) is 4.51. The third-order valence-electron chi connectivity index (χ3n) is 3.70. The molecule has 1 aromatic carbocycles. The Kier molecular flexibility index (Phi) is 2.17. The molecule has 0 radical (unpaired) electrons. The van der Waals surface area contributed by atoms with Gasteiger partial charge in [0.15, 0.2) is 0 Å². The summed E-state index contributed by atoms with van der Waals surface area (Å²) in [5.74, 6) is 0. The molecule has 2 aliphatic rings. The first kappa shape index (κ1) is 9.22. The van der Waals surface area contributed by atoms with Crippen LogP contribution in [0.3, 0.4) is 0 Å². The Balaban J connectivity index is 2.03. The van der Waals surface area contributed by atoms with Crippen LogP contribution < -0.4 is 4.90 Å². The minimum absolute atomic E-state index is 0.671. The molecule has 1 aromatic rings. The quantitative estimate of drug-likeness (QED) is 0.690. The van der Waals surface area contributed by atoms with E-state index < -0.39 is 0 Å². The molecule has 0 saturated carbocycles. The maximum atomic E-state index is 2.62. The van der Waals surface area contributed by atoms with Crippen LogP contribution in [0.1, 0.15) is 25.3 Å². The molecule has 0 N–H and O–H groups in total. The van der Waals surface area contributed by atoms with Crippen LogP contribution in [-0.2, 0) is 6.54 Å². The van der Waals surface area contributed by atoms with Gasteiger partial charge in [-0.1, -0.05) is 18.2 Å². The fourth-order valence-corrected chi connectivity index (χ4v) is 3.03. The molecule has 15 heavy (non-hydrogen) atoms. The summed E-state index contributed by atoms with van der Waals surface area (Å²) in [4.78, 5) is 5.18. The van der Waals surface area contributed by atoms with Crippen LogP contribution >= 0.6 is 0 Å². The van der Waals surface area contributed by atoms with Crippen molar-refractivity contribution in [1.82, 2.24) is 4.90 Å². The highest BCUT2D eigenvalue weighted by Gasteiger charge is 2.34. The Morgan fingerprint density at radius 2 is 2.20 bits per heavy atom. The van der Waals surface area contributed by atoms with Gasteiger partial charge in [0, 0.05) is 25.3 Å². The summed E-state index contributed by atoms with van der Waals surface area (Å²) in [7, 11) is 0. The molecular formula is C13H18N2. The van der Waals surface area contributed by atoms with Gasteiger partial charge in [0.1, 0.15) is 0 Å². The minimum Gasteiger partial charge on any atom is -0.356 e. The van der Waals surface area contributed by atoms with Crippen molar-refractivity contribution in [3.63, 3.8) is 0 Å². The van der Waals surface area contributed by atoms with Gasteiger partial charge in [-0.15, -0.1) is 0 Å². The van der Waals surface area contributed by atoms with Crippen molar-refractivity contribution in [3.05, 3.63) is 29.8 Å². The van der Waals surface area contributed by atoms with Gasteiger partial charge in [0.25, 0.3) is 0 Å². The number of nitrogens with zero attached hydrogens (tertiary/aromatic N) is 2. The highest BCUT2D eigenvalue weighted by molar-refractivity contribution is 5.56. The Morgan fingerprint density at radius 1 is 1.33 bits per heavy atom. The molecule has 0 spiro atoms. The fourth-order valence-electron chi connectivity index (χ4n) is 3.03. The molecule has 1 saturated heterocycles. The molecule has 1 atom stereocenters. The lowest BCUT2D eigenvalue weighted by Gasteiger charge is -2.42. The van der Waals surface area contributed by atoms with E-state index in [-0.39, 0.29) is 0 Å². The van der Waals surface area contributed by atoms with Crippen molar-refractivity contribution in [3.8, 4) is 0 Å². The smallest absolute Gasteiger partial charge is 0.0824 e. The van der Waals surface area contributed by atoms with Crippen molar-refractivity contribution < 1.29 is 0 Å². The highest BCUT2D eigenvalue weighted by Crippen LogP contribution is 2.35. The zero-order valence-electron chi connectivity index (χ0n) is 9.32. The average Bonchev–Trinajstić information content (AvgIpc) is 2.73. The molecule has 2 aliphatic heterocycles. The van der Waals surface area contributed by atoms with E-state index in [2.05, 4.69) is 41.0 Å². The molecule has 3 rings (SSSR count). The normalized spacial score (nSPS) is 25.1. The minimum atomic E-state index is 0.671. The molecule has 0 aromatic heterocycles. The lowest BCUT2D eigenvalue weighted by Crippen LogP contribution is -2.48. The van der Waals surface area contributed by atoms with Gasteiger partial charge in [-0.2, -0.15) is 0 Å². The number of anilines is 1. The Labute approximate surface area is 91.5 Å². The molecule has 2 nitrogen and oxygen atoms in total. The molecule has 0 amide bonds. The second-order valence-corrected chi connectivity index (χ2v) is 4.51. The maximum Gasteiger partial charge on any atom is 0.0824 e.